The molecule has 0 fully saturated rings. The standard InChI is InChI=1S/C17H16N2O2/c1-20-15-8-4-5-9-16(15)21-11-13-10-12-6-2-3-7-14(12)19-17(13)18/h2-10H,11H2,1H3,(H2,18,19). The average Bonchev–Trinajstić information content (AvgIpc) is 2.53. The van der Waals surface area contributed by atoms with E-state index >= 15 is 0 Å². The van der Waals surface area contributed by atoms with Crippen molar-refractivity contribution in [1.29, 1.82) is 0 Å². The number of nitrogen functional groups attached to an aromatic ring is 1. The lowest BCUT2D eigenvalue weighted by molar-refractivity contribution is 0.285. The summed E-state index contributed by atoms with van der Waals surface area (Å²) in [5.74, 6) is 1.88. The van der Waals surface area contributed by atoms with Crippen molar-refractivity contribution in [1.82, 2.24) is 4.98 Å². The Bertz CT molecular complexity index is 772. The molecule has 0 saturated heterocycles. The van der Waals surface area contributed by atoms with Gasteiger partial charge in [-0.3, -0.25) is 0 Å². The Kier molecular flexibility index (Phi) is 3.60. The molecule has 2 N–H and O–H groups in total. The maximum atomic E-state index is 6.00. The number of methoxy groups -OCH3 is 1. The second-order valence-corrected chi connectivity index (χ2v) is 4.66. The molecule has 0 unspecified atom stereocenters. The van der Waals surface area contributed by atoms with Crippen LogP contribution in [0.5, 0.6) is 11.5 Å². The Hall–Kier alpha value is -2.75. The number of ether oxygens (including phenoxy) is 2. The number of anilines is 1. The molecule has 3 rings (SSSR count). The van der Waals surface area contributed by atoms with Crippen LogP contribution < -0.4 is 15.2 Å². The minimum atomic E-state index is 0.351. The number of fused-ring (bicyclic) bond motifs is 1. The van der Waals surface area contributed by atoms with Gasteiger partial charge in [0.15, 0.2) is 11.5 Å². The van der Waals surface area contributed by atoms with E-state index in [-0.39, 0.29) is 0 Å². The zero-order chi connectivity index (χ0) is 14.7. The Labute approximate surface area is 123 Å². The van der Waals surface area contributed by atoms with E-state index in [1.54, 1.807) is 7.11 Å². The van der Waals surface area contributed by atoms with Gasteiger partial charge >= 0.3 is 0 Å². The number of para-hydroxylation sites is 3. The Morgan fingerprint density at radius 3 is 2.52 bits per heavy atom. The van der Waals surface area contributed by atoms with Crippen LogP contribution in [0.2, 0.25) is 0 Å². The molecular formula is C17H16N2O2. The van der Waals surface area contributed by atoms with Gasteiger partial charge in [-0.15, -0.1) is 0 Å². The molecule has 1 aromatic heterocycles. The van der Waals surface area contributed by atoms with Crippen molar-refractivity contribution in [2.45, 2.75) is 6.61 Å². The lowest BCUT2D eigenvalue weighted by atomic mass is 10.1. The van der Waals surface area contributed by atoms with Crippen LogP contribution in [-0.4, -0.2) is 12.1 Å². The number of nitrogens with zero attached hydrogens (tertiary/aromatic N) is 1. The Morgan fingerprint density at radius 1 is 1.00 bits per heavy atom. The lowest BCUT2D eigenvalue weighted by Gasteiger charge is -2.12. The molecule has 0 saturated carbocycles. The van der Waals surface area contributed by atoms with Gasteiger partial charge in [0, 0.05) is 10.9 Å². The van der Waals surface area contributed by atoms with E-state index in [4.69, 9.17) is 15.2 Å². The highest BCUT2D eigenvalue weighted by atomic mass is 16.5. The van der Waals surface area contributed by atoms with Crippen LogP contribution >= 0.6 is 0 Å². The summed E-state index contributed by atoms with van der Waals surface area (Å²) < 4.78 is 11.1. The highest BCUT2D eigenvalue weighted by Gasteiger charge is 2.07. The van der Waals surface area contributed by atoms with Gasteiger partial charge in [0.25, 0.3) is 0 Å². The van der Waals surface area contributed by atoms with Crippen molar-refractivity contribution in [2.24, 2.45) is 0 Å². The van der Waals surface area contributed by atoms with Crippen molar-refractivity contribution >= 4 is 16.7 Å². The van der Waals surface area contributed by atoms with Gasteiger partial charge in [-0.2, -0.15) is 0 Å². The fourth-order valence-corrected chi connectivity index (χ4v) is 2.18. The zero-order valence-electron chi connectivity index (χ0n) is 11.7. The van der Waals surface area contributed by atoms with Crippen LogP contribution in [-0.2, 0) is 6.61 Å². The Morgan fingerprint density at radius 2 is 1.71 bits per heavy atom. The lowest BCUT2D eigenvalue weighted by Crippen LogP contribution is -2.03. The molecule has 0 aliphatic carbocycles. The van der Waals surface area contributed by atoms with Crippen molar-refractivity contribution in [3.8, 4) is 11.5 Å². The maximum absolute atomic E-state index is 6.00. The van der Waals surface area contributed by atoms with E-state index in [0.29, 0.717) is 23.9 Å². The first-order chi connectivity index (χ1) is 10.3. The SMILES string of the molecule is COc1ccccc1OCc1cc2ccccc2nc1N. The van der Waals surface area contributed by atoms with E-state index in [9.17, 15) is 0 Å². The molecule has 4 nitrogen and oxygen atoms in total. The fraction of sp³-hybridized carbons (Fsp3) is 0.118. The van der Waals surface area contributed by atoms with Crippen molar-refractivity contribution in [2.75, 3.05) is 12.8 Å². The second kappa shape index (κ2) is 5.71. The van der Waals surface area contributed by atoms with Crippen molar-refractivity contribution in [3.05, 3.63) is 60.2 Å². The van der Waals surface area contributed by atoms with Crippen LogP contribution in [0.1, 0.15) is 5.56 Å². The summed E-state index contributed by atoms with van der Waals surface area (Å²) in [6, 6.07) is 17.4. The summed E-state index contributed by atoms with van der Waals surface area (Å²) in [5, 5.41) is 1.05. The molecule has 21 heavy (non-hydrogen) atoms. The monoisotopic (exact) mass is 280 g/mol. The third-order valence-electron chi connectivity index (χ3n) is 3.29. The summed E-state index contributed by atoms with van der Waals surface area (Å²) in [5.41, 5.74) is 7.74. The average molecular weight is 280 g/mol. The number of benzene rings is 2. The molecule has 2 aromatic carbocycles. The fourth-order valence-electron chi connectivity index (χ4n) is 2.18. The number of pyridine rings is 1. The summed E-state index contributed by atoms with van der Waals surface area (Å²) in [6.07, 6.45) is 0. The minimum absolute atomic E-state index is 0.351. The summed E-state index contributed by atoms with van der Waals surface area (Å²) >= 11 is 0. The van der Waals surface area contributed by atoms with Gasteiger partial charge in [0.05, 0.1) is 12.6 Å². The van der Waals surface area contributed by atoms with Crippen LogP contribution in [0.15, 0.2) is 54.6 Å². The molecule has 0 bridgehead atoms. The Balaban J connectivity index is 1.86. The zero-order valence-corrected chi connectivity index (χ0v) is 11.7. The first-order valence-corrected chi connectivity index (χ1v) is 6.68. The van der Waals surface area contributed by atoms with Crippen molar-refractivity contribution < 1.29 is 9.47 Å². The van der Waals surface area contributed by atoms with Gasteiger partial charge in [-0.25, -0.2) is 4.98 Å². The predicted molar refractivity (Wildman–Crippen MR) is 83.5 cm³/mol. The number of hydrogen-bond acceptors (Lipinski definition) is 4. The molecule has 3 aromatic rings. The number of nitrogens with two attached hydrogens (primary N) is 1. The first kappa shape index (κ1) is 13.2. The van der Waals surface area contributed by atoms with E-state index in [2.05, 4.69) is 4.98 Å². The molecule has 1 heterocycles. The van der Waals surface area contributed by atoms with Crippen molar-refractivity contribution in [3.63, 3.8) is 0 Å². The molecule has 0 aliphatic heterocycles. The van der Waals surface area contributed by atoms with Crippen LogP contribution in [0.3, 0.4) is 0 Å². The van der Waals surface area contributed by atoms with Gasteiger partial charge in [-0.05, 0) is 24.3 Å². The number of hydrogen-bond donors (Lipinski definition) is 1. The molecular weight excluding hydrogens is 264 g/mol. The molecule has 4 heteroatoms. The van der Waals surface area contributed by atoms with E-state index in [1.807, 2.05) is 54.6 Å². The quantitative estimate of drug-likeness (QED) is 0.795. The van der Waals surface area contributed by atoms with E-state index < -0.39 is 0 Å². The third-order valence-corrected chi connectivity index (χ3v) is 3.29. The van der Waals surface area contributed by atoms with Gasteiger partial charge in [0.2, 0.25) is 0 Å². The molecule has 0 aliphatic rings. The highest BCUT2D eigenvalue weighted by molar-refractivity contribution is 5.81. The normalized spacial score (nSPS) is 10.5. The van der Waals surface area contributed by atoms with Gasteiger partial charge < -0.3 is 15.2 Å². The van der Waals surface area contributed by atoms with E-state index in [1.165, 1.54) is 0 Å². The molecule has 0 amide bonds. The summed E-state index contributed by atoms with van der Waals surface area (Å²) in [7, 11) is 1.62. The minimum Gasteiger partial charge on any atom is -0.493 e. The highest BCUT2D eigenvalue weighted by Crippen LogP contribution is 2.27. The molecule has 0 radical (unpaired) electrons. The van der Waals surface area contributed by atoms with Crippen LogP contribution in [0.4, 0.5) is 5.82 Å². The smallest absolute Gasteiger partial charge is 0.161 e. The van der Waals surface area contributed by atoms with Gasteiger partial charge in [0.1, 0.15) is 12.4 Å². The van der Waals surface area contributed by atoms with Crippen LogP contribution in [0.25, 0.3) is 10.9 Å². The topological polar surface area (TPSA) is 57.4 Å². The van der Waals surface area contributed by atoms with E-state index in [0.717, 1.165) is 16.5 Å². The first-order valence-electron chi connectivity index (χ1n) is 6.68. The molecule has 106 valence electrons. The third kappa shape index (κ3) is 2.74. The largest absolute Gasteiger partial charge is 0.493 e. The molecule has 0 spiro atoms. The maximum Gasteiger partial charge on any atom is 0.161 e. The predicted octanol–water partition coefficient (Wildman–Crippen LogP) is 3.40. The number of rotatable bonds is 4. The second-order valence-electron chi connectivity index (χ2n) is 4.66. The summed E-state index contributed by atoms with van der Waals surface area (Å²) in [4.78, 5) is 4.40. The van der Waals surface area contributed by atoms with Crippen LogP contribution in [0, 0.1) is 0 Å². The molecule has 0 atom stereocenters. The number of aromatic nitrogens is 1. The van der Waals surface area contributed by atoms with Gasteiger partial charge in [-0.1, -0.05) is 30.3 Å². The summed E-state index contributed by atoms with van der Waals surface area (Å²) in [6.45, 7) is 0.351.